The Bertz CT molecular complexity index is 1270. The van der Waals surface area contributed by atoms with Crippen LogP contribution in [-0.2, 0) is 6.42 Å². The number of phenolic OH excluding ortho intramolecular Hbond substituents is 1. The molecule has 0 bridgehead atoms. The highest BCUT2D eigenvalue weighted by atomic mass is 79.9. The molecular weight excluding hydrogens is 492 g/mol. The quantitative estimate of drug-likeness (QED) is 0.275. The van der Waals surface area contributed by atoms with Crippen molar-refractivity contribution in [1.82, 2.24) is 0 Å². The number of phenols is 1. The van der Waals surface area contributed by atoms with E-state index in [-0.39, 0.29) is 17.4 Å². The topological polar surface area (TPSA) is 74.8 Å². The van der Waals surface area contributed by atoms with Crippen molar-refractivity contribution in [3.05, 3.63) is 111 Å². The molecule has 4 rings (SSSR count). The van der Waals surface area contributed by atoms with E-state index < -0.39 is 0 Å². The number of furan rings is 1. The summed E-state index contributed by atoms with van der Waals surface area (Å²) in [5, 5.41) is 13.9. The van der Waals surface area contributed by atoms with Gasteiger partial charge in [0.25, 0.3) is 5.91 Å². The largest absolute Gasteiger partial charge is 0.506 e. The maximum atomic E-state index is 12.0. The van der Waals surface area contributed by atoms with Gasteiger partial charge in [-0.25, -0.2) is 0 Å². The number of anilines is 1. The van der Waals surface area contributed by atoms with Crippen LogP contribution in [0.4, 0.5) is 11.4 Å². The Labute approximate surface area is 198 Å². The zero-order valence-corrected chi connectivity index (χ0v) is 19.1. The summed E-state index contributed by atoms with van der Waals surface area (Å²) in [7, 11) is 0. The van der Waals surface area contributed by atoms with Gasteiger partial charge in [-0.15, -0.1) is 0 Å². The molecule has 0 atom stereocenters. The van der Waals surface area contributed by atoms with Crippen molar-refractivity contribution in [2.24, 2.45) is 4.99 Å². The van der Waals surface area contributed by atoms with E-state index in [0.717, 1.165) is 11.1 Å². The van der Waals surface area contributed by atoms with Gasteiger partial charge in [-0.1, -0.05) is 29.8 Å². The Hall–Kier alpha value is -3.35. The highest BCUT2D eigenvalue weighted by molar-refractivity contribution is 9.10. The summed E-state index contributed by atoms with van der Waals surface area (Å²) < 4.78 is 5.67. The van der Waals surface area contributed by atoms with Crippen LogP contribution in [0.1, 0.15) is 27.2 Å². The van der Waals surface area contributed by atoms with Crippen molar-refractivity contribution >= 4 is 51.0 Å². The van der Waals surface area contributed by atoms with Crippen LogP contribution in [0, 0.1) is 0 Å². The fraction of sp³-hybridized carbons (Fsp3) is 0.0400. The number of aliphatic imine (C=N–C) groups is 1. The van der Waals surface area contributed by atoms with Gasteiger partial charge in [0.15, 0.2) is 5.76 Å². The van der Waals surface area contributed by atoms with E-state index in [9.17, 15) is 9.90 Å². The van der Waals surface area contributed by atoms with Gasteiger partial charge in [-0.3, -0.25) is 9.79 Å². The second-order valence-corrected chi connectivity index (χ2v) is 8.28. The monoisotopic (exact) mass is 508 g/mol. The van der Waals surface area contributed by atoms with Gasteiger partial charge >= 0.3 is 0 Å². The molecule has 3 aromatic carbocycles. The molecule has 32 heavy (non-hydrogen) atoms. The average molecular weight is 510 g/mol. The van der Waals surface area contributed by atoms with Gasteiger partial charge in [0.1, 0.15) is 5.75 Å². The Morgan fingerprint density at radius 1 is 1.09 bits per heavy atom. The molecule has 0 radical (unpaired) electrons. The first-order chi connectivity index (χ1) is 15.5. The molecule has 1 aromatic heterocycles. The van der Waals surface area contributed by atoms with E-state index in [1.54, 1.807) is 42.6 Å². The number of benzene rings is 3. The van der Waals surface area contributed by atoms with E-state index in [0.29, 0.717) is 32.9 Å². The second kappa shape index (κ2) is 9.85. The number of aromatic hydroxyl groups is 1. The van der Waals surface area contributed by atoms with Gasteiger partial charge in [0.05, 0.1) is 16.4 Å². The first-order valence-electron chi connectivity index (χ1n) is 9.73. The van der Waals surface area contributed by atoms with Crippen LogP contribution in [0.3, 0.4) is 0 Å². The van der Waals surface area contributed by atoms with Gasteiger partial charge in [0.2, 0.25) is 0 Å². The zero-order chi connectivity index (χ0) is 22.5. The fourth-order valence-corrected chi connectivity index (χ4v) is 3.84. The summed E-state index contributed by atoms with van der Waals surface area (Å²) in [5.41, 5.74) is 3.87. The summed E-state index contributed by atoms with van der Waals surface area (Å²) in [5.74, 6) is 0.0279. The number of rotatable bonds is 6. The maximum absolute atomic E-state index is 12.0. The van der Waals surface area contributed by atoms with Crippen molar-refractivity contribution < 1.29 is 14.3 Å². The smallest absolute Gasteiger partial charge is 0.291 e. The Balaban J connectivity index is 1.49. The first-order valence-corrected chi connectivity index (χ1v) is 10.9. The highest BCUT2D eigenvalue weighted by Crippen LogP contribution is 2.31. The van der Waals surface area contributed by atoms with Crippen LogP contribution < -0.4 is 5.32 Å². The summed E-state index contributed by atoms with van der Waals surface area (Å²) >= 11 is 9.69. The zero-order valence-electron chi connectivity index (χ0n) is 16.8. The van der Waals surface area contributed by atoms with E-state index >= 15 is 0 Å². The normalized spacial score (nSPS) is 11.1. The van der Waals surface area contributed by atoms with Crippen LogP contribution in [0.2, 0.25) is 5.02 Å². The number of hydrogen-bond donors (Lipinski definition) is 2. The third-order valence-corrected chi connectivity index (χ3v) is 5.70. The Morgan fingerprint density at radius 2 is 1.88 bits per heavy atom. The minimum absolute atomic E-state index is 0.110. The highest BCUT2D eigenvalue weighted by Gasteiger charge is 2.10. The number of hydrogen-bond acceptors (Lipinski definition) is 4. The van der Waals surface area contributed by atoms with Crippen LogP contribution in [0.5, 0.6) is 5.75 Å². The van der Waals surface area contributed by atoms with E-state index in [1.807, 2.05) is 36.4 Å². The minimum atomic E-state index is -0.323. The van der Waals surface area contributed by atoms with Crippen molar-refractivity contribution in [1.29, 1.82) is 0 Å². The number of nitrogens with zero attached hydrogens (tertiary/aromatic N) is 1. The lowest BCUT2D eigenvalue weighted by atomic mass is 10.0. The molecule has 0 aliphatic rings. The van der Waals surface area contributed by atoms with E-state index in [4.69, 9.17) is 16.0 Å². The number of amides is 1. The van der Waals surface area contributed by atoms with Crippen LogP contribution in [0.15, 0.2) is 92.9 Å². The number of nitrogens with one attached hydrogen (secondary N) is 1. The van der Waals surface area contributed by atoms with Crippen molar-refractivity contribution in [3.8, 4) is 5.75 Å². The SMILES string of the molecule is O=C(Nc1ccc(N=Cc2cc(Cc3ccccc3Cl)cc(Br)c2O)cc1)c1ccco1. The lowest BCUT2D eigenvalue weighted by Gasteiger charge is -2.09. The van der Waals surface area contributed by atoms with Gasteiger partial charge < -0.3 is 14.8 Å². The Morgan fingerprint density at radius 3 is 2.59 bits per heavy atom. The summed E-state index contributed by atoms with van der Waals surface area (Å²) in [6.45, 7) is 0. The number of carbonyl (C=O) groups is 1. The molecule has 2 N–H and O–H groups in total. The maximum Gasteiger partial charge on any atom is 0.291 e. The molecule has 0 spiro atoms. The van der Waals surface area contributed by atoms with E-state index in [2.05, 4.69) is 26.2 Å². The molecule has 0 aliphatic heterocycles. The predicted molar refractivity (Wildman–Crippen MR) is 130 cm³/mol. The third kappa shape index (κ3) is 5.28. The molecule has 7 heteroatoms. The first kappa shape index (κ1) is 21.9. The lowest BCUT2D eigenvalue weighted by Crippen LogP contribution is -2.10. The molecule has 160 valence electrons. The lowest BCUT2D eigenvalue weighted by molar-refractivity contribution is 0.0996. The second-order valence-electron chi connectivity index (χ2n) is 7.02. The fourth-order valence-electron chi connectivity index (χ4n) is 3.12. The van der Waals surface area contributed by atoms with Gasteiger partial charge in [-0.05, 0) is 88.1 Å². The Kier molecular flexibility index (Phi) is 6.73. The summed E-state index contributed by atoms with van der Waals surface area (Å²) in [6, 6.07) is 21.7. The van der Waals surface area contributed by atoms with E-state index in [1.165, 1.54) is 6.26 Å². The molecule has 0 saturated carbocycles. The predicted octanol–water partition coefficient (Wildman–Crippen LogP) is 6.99. The van der Waals surface area contributed by atoms with Crippen molar-refractivity contribution in [3.63, 3.8) is 0 Å². The number of halogens is 2. The third-order valence-electron chi connectivity index (χ3n) is 4.73. The minimum Gasteiger partial charge on any atom is -0.506 e. The molecule has 0 unspecified atom stereocenters. The average Bonchev–Trinajstić information content (AvgIpc) is 3.33. The molecular formula is C25H18BrClN2O3. The van der Waals surface area contributed by atoms with Crippen molar-refractivity contribution in [2.75, 3.05) is 5.32 Å². The molecule has 5 nitrogen and oxygen atoms in total. The van der Waals surface area contributed by atoms with Crippen LogP contribution in [0.25, 0.3) is 0 Å². The van der Waals surface area contributed by atoms with Crippen molar-refractivity contribution in [2.45, 2.75) is 6.42 Å². The van der Waals surface area contributed by atoms with Crippen LogP contribution in [-0.4, -0.2) is 17.2 Å². The molecule has 0 fully saturated rings. The number of carbonyl (C=O) groups excluding carboxylic acids is 1. The van der Waals surface area contributed by atoms with Gasteiger partial charge in [-0.2, -0.15) is 0 Å². The molecule has 1 amide bonds. The molecule has 4 aromatic rings. The summed E-state index contributed by atoms with van der Waals surface area (Å²) in [6.07, 6.45) is 3.68. The molecule has 0 saturated heterocycles. The summed E-state index contributed by atoms with van der Waals surface area (Å²) in [4.78, 5) is 16.5. The van der Waals surface area contributed by atoms with Crippen LogP contribution >= 0.6 is 27.5 Å². The molecule has 1 heterocycles. The standard InChI is InChI=1S/C25H18BrClN2O3/c26-21-14-16(12-17-4-1-2-5-22(17)27)13-18(24(21)30)15-28-19-7-9-20(10-8-19)29-25(31)23-6-3-11-32-23/h1-11,13-15,30H,12H2,(H,29,31). The molecule has 0 aliphatic carbocycles. The van der Waals surface area contributed by atoms with Gasteiger partial charge in [0, 0.05) is 22.5 Å².